The van der Waals surface area contributed by atoms with Crippen molar-refractivity contribution in [3.05, 3.63) is 58.1 Å². The highest BCUT2D eigenvalue weighted by atomic mass is 35.5. The van der Waals surface area contributed by atoms with Gasteiger partial charge in [0.1, 0.15) is 17.5 Å². The Morgan fingerprint density at radius 2 is 1.68 bits per heavy atom. The lowest BCUT2D eigenvalue weighted by molar-refractivity contribution is -0.141. The Hall–Kier alpha value is -2.44. The average Bonchev–Trinajstić information content (AvgIpc) is 2.84. The number of carbonyl (C=O) groups excluding carboxylic acids is 2. The molecule has 2 atom stereocenters. The van der Waals surface area contributed by atoms with Crippen LogP contribution in [0.4, 0.5) is 0 Å². The third-order valence-electron chi connectivity index (χ3n) is 5.59. The summed E-state index contributed by atoms with van der Waals surface area (Å²) in [6.45, 7) is 6.51. The molecule has 0 radical (unpaired) electrons. The summed E-state index contributed by atoms with van der Waals surface area (Å²) in [5.74, 6) is 1.19. The van der Waals surface area contributed by atoms with E-state index in [1.807, 2.05) is 51.1 Å². The molecule has 2 aromatic carbocycles. The van der Waals surface area contributed by atoms with E-state index in [4.69, 9.17) is 32.7 Å². The maximum atomic E-state index is 13.3. The quantitative estimate of drug-likeness (QED) is 0.343. The van der Waals surface area contributed by atoms with Gasteiger partial charge in [0.25, 0.3) is 0 Å². The predicted molar refractivity (Wildman–Crippen MR) is 137 cm³/mol. The van der Waals surface area contributed by atoms with E-state index in [-0.39, 0.29) is 30.8 Å². The van der Waals surface area contributed by atoms with Gasteiger partial charge in [0.15, 0.2) is 0 Å². The fourth-order valence-corrected chi connectivity index (χ4v) is 3.74. The van der Waals surface area contributed by atoms with E-state index in [1.54, 1.807) is 24.1 Å². The molecular weight excluding hydrogens is 475 g/mol. The normalized spacial score (nSPS) is 12.5. The number of ether oxygens (including phenoxy) is 2. The van der Waals surface area contributed by atoms with Crippen LogP contribution < -0.4 is 14.8 Å². The van der Waals surface area contributed by atoms with Crippen LogP contribution in [0.5, 0.6) is 11.5 Å². The van der Waals surface area contributed by atoms with E-state index >= 15 is 0 Å². The summed E-state index contributed by atoms with van der Waals surface area (Å²) in [4.78, 5) is 27.9. The van der Waals surface area contributed by atoms with Crippen LogP contribution in [-0.2, 0) is 16.1 Å². The number of rotatable bonds is 13. The summed E-state index contributed by atoms with van der Waals surface area (Å²) in [7, 11) is 1.61. The third kappa shape index (κ3) is 8.41. The van der Waals surface area contributed by atoms with Crippen molar-refractivity contribution >= 4 is 35.0 Å². The summed E-state index contributed by atoms with van der Waals surface area (Å²) in [5, 5.41) is 3.86. The molecule has 0 aliphatic heterocycles. The molecule has 0 aromatic heterocycles. The number of hydrogen-bond donors (Lipinski definition) is 1. The lowest BCUT2D eigenvalue weighted by Crippen LogP contribution is -2.50. The van der Waals surface area contributed by atoms with Crippen LogP contribution in [0.1, 0.15) is 52.0 Å². The van der Waals surface area contributed by atoms with Crippen LogP contribution in [-0.4, -0.2) is 42.5 Å². The Kier molecular flexibility index (Phi) is 11.5. The van der Waals surface area contributed by atoms with Crippen molar-refractivity contribution in [1.82, 2.24) is 10.2 Å². The molecular formula is C26H34Cl2N2O4. The highest BCUT2D eigenvalue weighted by Crippen LogP contribution is 2.24. The Bertz CT molecular complexity index is 937. The molecule has 0 aliphatic carbocycles. The van der Waals surface area contributed by atoms with Crippen molar-refractivity contribution in [3.63, 3.8) is 0 Å². The number of benzene rings is 2. The largest absolute Gasteiger partial charge is 0.497 e. The fraction of sp³-hybridized carbons (Fsp3) is 0.462. The maximum Gasteiger partial charge on any atom is 0.243 e. The number of nitrogens with one attached hydrogen (secondary N) is 1. The van der Waals surface area contributed by atoms with Gasteiger partial charge in [0, 0.05) is 19.0 Å². The van der Waals surface area contributed by atoms with Crippen molar-refractivity contribution in [1.29, 1.82) is 0 Å². The Morgan fingerprint density at radius 3 is 2.26 bits per heavy atom. The van der Waals surface area contributed by atoms with Crippen molar-refractivity contribution in [2.45, 2.75) is 65.1 Å². The number of nitrogens with zero attached hydrogens (tertiary/aromatic N) is 1. The molecule has 34 heavy (non-hydrogen) atoms. The van der Waals surface area contributed by atoms with Crippen LogP contribution in [0.25, 0.3) is 0 Å². The van der Waals surface area contributed by atoms with Gasteiger partial charge in [-0.15, -0.1) is 0 Å². The molecule has 0 saturated heterocycles. The number of amides is 2. The van der Waals surface area contributed by atoms with Gasteiger partial charge in [-0.05, 0) is 68.1 Å². The van der Waals surface area contributed by atoms with Gasteiger partial charge in [-0.25, -0.2) is 0 Å². The first-order chi connectivity index (χ1) is 16.3. The van der Waals surface area contributed by atoms with E-state index < -0.39 is 6.04 Å². The highest BCUT2D eigenvalue weighted by Gasteiger charge is 2.29. The summed E-state index contributed by atoms with van der Waals surface area (Å²) in [6, 6.07) is 12.0. The summed E-state index contributed by atoms with van der Waals surface area (Å²) >= 11 is 12.2. The fourth-order valence-electron chi connectivity index (χ4n) is 3.42. The lowest BCUT2D eigenvalue weighted by atomic mass is 10.1. The molecule has 2 aromatic rings. The zero-order chi connectivity index (χ0) is 25.1. The molecule has 2 amide bonds. The molecule has 186 valence electrons. The van der Waals surface area contributed by atoms with Gasteiger partial charge in [-0.3, -0.25) is 9.59 Å². The van der Waals surface area contributed by atoms with E-state index in [2.05, 4.69) is 5.32 Å². The van der Waals surface area contributed by atoms with E-state index in [9.17, 15) is 9.59 Å². The third-order valence-corrected chi connectivity index (χ3v) is 6.33. The van der Waals surface area contributed by atoms with Gasteiger partial charge in [0.2, 0.25) is 11.8 Å². The standard InChI is InChI=1S/C26H34Cl2N2O4/c1-5-18(3)29-26(32)24(6-2)30(17-19-9-14-22(27)23(28)16-19)25(31)8-7-15-34-21-12-10-20(33-4)11-13-21/h9-14,16,18,24H,5-8,15,17H2,1-4H3,(H,29,32)/t18-,24+/m1/s1. The topological polar surface area (TPSA) is 67.9 Å². The molecule has 0 bridgehead atoms. The van der Waals surface area contributed by atoms with Crippen molar-refractivity contribution in [2.24, 2.45) is 0 Å². The van der Waals surface area contributed by atoms with Crippen LogP contribution in [0, 0.1) is 0 Å². The second-order valence-corrected chi connectivity index (χ2v) is 8.95. The summed E-state index contributed by atoms with van der Waals surface area (Å²) in [5.41, 5.74) is 0.812. The Labute approximate surface area is 212 Å². The average molecular weight is 509 g/mol. The highest BCUT2D eigenvalue weighted by molar-refractivity contribution is 6.42. The Morgan fingerprint density at radius 1 is 1.00 bits per heavy atom. The van der Waals surface area contributed by atoms with Gasteiger partial charge < -0.3 is 19.7 Å². The summed E-state index contributed by atoms with van der Waals surface area (Å²) < 4.78 is 10.9. The van der Waals surface area contributed by atoms with Crippen LogP contribution in [0.2, 0.25) is 10.0 Å². The molecule has 6 nitrogen and oxygen atoms in total. The Balaban J connectivity index is 2.08. The smallest absolute Gasteiger partial charge is 0.243 e. The first kappa shape index (κ1) is 27.8. The minimum Gasteiger partial charge on any atom is -0.497 e. The van der Waals surface area contributed by atoms with Gasteiger partial charge in [-0.1, -0.05) is 43.1 Å². The maximum absolute atomic E-state index is 13.3. The van der Waals surface area contributed by atoms with Gasteiger partial charge >= 0.3 is 0 Å². The second kappa shape index (κ2) is 14.1. The van der Waals surface area contributed by atoms with E-state index in [0.29, 0.717) is 35.2 Å². The lowest BCUT2D eigenvalue weighted by Gasteiger charge is -2.31. The van der Waals surface area contributed by atoms with Gasteiger partial charge in [-0.2, -0.15) is 0 Å². The van der Waals surface area contributed by atoms with Crippen molar-refractivity contribution < 1.29 is 19.1 Å². The van der Waals surface area contributed by atoms with Crippen LogP contribution in [0.15, 0.2) is 42.5 Å². The van der Waals surface area contributed by atoms with E-state index in [1.165, 1.54) is 0 Å². The first-order valence-electron chi connectivity index (χ1n) is 11.6. The van der Waals surface area contributed by atoms with Crippen LogP contribution >= 0.6 is 23.2 Å². The van der Waals surface area contributed by atoms with E-state index in [0.717, 1.165) is 17.7 Å². The summed E-state index contributed by atoms with van der Waals surface area (Å²) in [6.07, 6.45) is 2.08. The monoisotopic (exact) mass is 508 g/mol. The predicted octanol–water partition coefficient (Wildman–Crippen LogP) is 5.88. The van der Waals surface area contributed by atoms with Crippen molar-refractivity contribution in [3.8, 4) is 11.5 Å². The molecule has 0 saturated carbocycles. The molecule has 1 N–H and O–H groups in total. The number of hydrogen-bond acceptors (Lipinski definition) is 4. The zero-order valence-corrected chi connectivity index (χ0v) is 21.8. The molecule has 8 heteroatoms. The van der Waals surface area contributed by atoms with Crippen LogP contribution in [0.3, 0.4) is 0 Å². The minimum atomic E-state index is -0.585. The SMILES string of the molecule is CC[C@@H](C)NC(=O)[C@H](CC)N(Cc1ccc(Cl)c(Cl)c1)C(=O)CCCOc1ccc(OC)cc1. The molecule has 0 unspecified atom stereocenters. The molecule has 0 fully saturated rings. The minimum absolute atomic E-state index is 0.0291. The number of carbonyl (C=O) groups is 2. The molecule has 2 rings (SSSR count). The second-order valence-electron chi connectivity index (χ2n) is 8.14. The zero-order valence-electron chi connectivity index (χ0n) is 20.3. The first-order valence-corrected chi connectivity index (χ1v) is 12.3. The molecule has 0 aliphatic rings. The van der Waals surface area contributed by atoms with Gasteiger partial charge in [0.05, 0.1) is 23.8 Å². The van der Waals surface area contributed by atoms with Crippen molar-refractivity contribution in [2.75, 3.05) is 13.7 Å². The number of methoxy groups -OCH3 is 1. The molecule has 0 heterocycles. The number of halogens is 2. The molecule has 0 spiro atoms.